The Balaban J connectivity index is 1.47. The van der Waals surface area contributed by atoms with E-state index in [0.717, 1.165) is 22.1 Å². The Labute approximate surface area is 226 Å². The lowest BCUT2D eigenvalue weighted by atomic mass is 9.98. The molecule has 0 saturated carbocycles. The molecular formula is C34H24N2O3. The Bertz CT molecular complexity index is 1830. The molecule has 39 heavy (non-hydrogen) atoms. The number of hydrogen-bond donors (Lipinski definition) is 0. The number of benzene rings is 4. The number of fused-ring (bicyclic) bond motifs is 4. The fraction of sp³-hybridized carbons (Fsp3) is 0.118. The summed E-state index contributed by atoms with van der Waals surface area (Å²) < 4.78 is 5.65. The van der Waals surface area contributed by atoms with E-state index in [-0.39, 0.29) is 24.0 Å². The average Bonchev–Trinajstić information content (AvgIpc) is 3.26. The summed E-state index contributed by atoms with van der Waals surface area (Å²) in [6, 6.07) is 26.2. The molecule has 0 spiro atoms. The van der Waals surface area contributed by atoms with Gasteiger partial charge in [-0.2, -0.15) is 0 Å². The van der Waals surface area contributed by atoms with Crippen LogP contribution in [0.1, 0.15) is 57.4 Å². The summed E-state index contributed by atoms with van der Waals surface area (Å²) in [6.07, 6.45) is 5.37. The van der Waals surface area contributed by atoms with Crippen molar-refractivity contribution in [2.75, 3.05) is 6.61 Å². The van der Waals surface area contributed by atoms with Gasteiger partial charge in [0.1, 0.15) is 12.4 Å². The number of nitrogens with zero attached hydrogens (tertiary/aromatic N) is 2. The van der Waals surface area contributed by atoms with E-state index in [1.165, 1.54) is 5.56 Å². The SMILES string of the molecule is C#CCOc1ccc2nc(C(=O)c3ccc4c(c3)-c3ccccc3C4=O)nc(-c3ccc(C(C)C)cc3)c2c1. The van der Waals surface area contributed by atoms with Crippen molar-refractivity contribution in [2.45, 2.75) is 19.8 Å². The van der Waals surface area contributed by atoms with E-state index in [2.05, 4.69) is 36.9 Å². The van der Waals surface area contributed by atoms with Crippen LogP contribution < -0.4 is 4.74 Å². The largest absolute Gasteiger partial charge is 0.481 e. The molecule has 0 N–H and O–H groups in total. The van der Waals surface area contributed by atoms with Gasteiger partial charge in [-0.1, -0.05) is 74.4 Å². The highest BCUT2D eigenvalue weighted by Crippen LogP contribution is 2.37. The van der Waals surface area contributed by atoms with Crippen molar-refractivity contribution in [1.82, 2.24) is 9.97 Å². The Morgan fingerprint density at radius 2 is 1.62 bits per heavy atom. The van der Waals surface area contributed by atoms with Gasteiger partial charge in [-0.3, -0.25) is 9.59 Å². The predicted octanol–water partition coefficient (Wildman–Crippen LogP) is 6.87. The second kappa shape index (κ2) is 9.66. The van der Waals surface area contributed by atoms with Gasteiger partial charge >= 0.3 is 0 Å². The van der Waals surface area contributed by atoms with Crippen LogP contribution in [0.15, 0.2) is 84.9 Å². The molecule has 1 aliphatic rings. The van der Waals surface area contributed by atoms with Crippen LogP contribution in [0.25, 0.3) is 33.3 Å². The van der Waals surface area contributed by atoms with Crippen LogP contribution in [0.2, 0.25) is 0 Å². The van der Waals surface area contributed by atoms with Crippen LogP contribution in [0.4, 0.5) is 0 Å². The normalized spacial score (nSPS) is 11.8. The van der Waals surface area contributed by atoms with Crippen molar-refractivity contribution in [2.24, 2.45) is 0 Å². The minimum atomic E-state index is -0.316. The maximum absolute atomic E-state index is 13.8. The number of terminal acetylenes is 1. The van der Waals surface area contributed by atoms with Gasteiger partial charge in [0.15, 0.2) is 5.78 Å². The molecule has 1 aromatic heterocycles. The number of hydrogen-bond acceptors (Lipinski definition) is 5. The fourth-order valence-electron chi connectivity index (χ4n) is 4.97. The Morgan fingerprint density at radius 3 is 2.36 bits per heavy atom. The smallest absolute Gasteiger partial charge is 0.230 e. The number of ketones is 2. The molecule has 0 fully saturated rings. The van der Waals surface area contributed by atoms with Gasteiger partial charge in [-0.05, 0) is 52.9 Å². The predicted molar refractivity (Wildman–Crippen MR) is 152 cm³/mol. The molecule has 0 bridgehead atoms. The Kier molecular flexibility index (Phi) is 6.01. The molecule has 5 heteroatoms. The number of carbonyl (C=O) groups is 2. The lowest BCUT2D eigenvalue weighted by molar-refractivity contribution is 0.102. The topological polar surface area (TPSA) is 69.2 Å². The van der Waals surface area contributed by atoms with Crippen LogP contribution >= 0.6 is 0 Å². The monoisotopic (exact) mass is 508 g/mol. The molecule has 4 aromatic carbocycles. The maximum Gasteiger partial charge on any atom is 0.230 e. The molecule has 0 amide bonds. The van der Waals surface area contributed by atoms with E-state index < -0.39 is 0 Å². The Hall–Kier alpha value is -5.08. The molecule has 0 aliphatic heterocycles. The van der Waals surface area contributed by atoms with E-state index in [1.54, 1.807) is 24.3 Å². The second-order valence-electron chi connectivity index (χ2n) is 9.81. The zero-order valence-electron chi connectivity index (χ0n) is 21.6. The van der Waals surface area contributed by atoms with Gasteiger partial charge in [0.25, 0.3) is 0 Å². The summed E-state index contributed by atoms with van der Waals surface area (Å²) in [5.74, 6) is 3.20. The van der Waals surface area contributed by atoms with Crippen LogP contribution in [0.5, 0.6) is 5.75 Å². The third-order valence-electron chi connectivity index (χ3n) is 7.03. The summed E-state index contributed by atoms with van der Waals surface area (Å²) in [5.41, 5.74) is 6.57. The Morgan fingerprint density at radius 1 is 0.872 bits per heavy atom. The molecule has 0 saturated heterocycles. The zero-order chi connectivity index (χ0) is 27.1. The first-order valence-electron chi connectivity index (χ1n) is 12.8. The number of aromatic nitrogens is 2. The first kappa shape index (κ1) is 24.3. The third-order valence-corrected chi connectivity index (χ3v) is 7.03. The lowest BCUT2D eigenvalue weighted by Gasteiger charge is -2.12. The van der Waals surface area contributed by atoms with Gasteiger partial charge in [-0.15, -0.1) is 6.42 Å². The second-order valence-corrected chi connectivity index (χ2v) is 9.81. The van der Waals surface area contributed by atoms with Crippen LogP contribution in [-0.2, 0) is 0 Å². The summed E-state index contributed by atoms with van der Waals surface area (Å²) in [7, 11) is 0. The maximum atomic E-state index is 13.8. The standard InChI is InChI=1S/C34H24N2O3/c1-4-17-39-24-14-16-30-29(19-24)31(22-11-9-21(10-12-22)20(2)3)36-34(35-30)32(37)23-13-15-27-28(18-23)25-7-5-6-8-26(25)33(27)38/h1,5-16,18-20H,17H2,2-3H3. The molecule has 1 heterocycles. The number of carbonyl (C=O) groups excluding carboxylic acids is 2. The molecule has 0 atom stereocenters. The fourth-order valence-corrected chi connectivity index (χ4v) is 4.97. The first-order valence-corrected chi connectivity index (χ1v) is 12.8. The molecule has 0 radical (unpaired) electrons. The number of ether oxygens (including phenoxy) is 1. The van der Waals surface area contributed by atoms with Crippen LogP contribution in [0.3, 0.4) is 0 Å². The first-order chi connectivity index (χ1) is 18.9. The minimum Gasteiger partial charge on any atom is -0.481 e. The summed E-state index contributed by atoms with van der Waals surface area (Å²) in [5, 5.41) is 0.756. The minimum absolute atomic E-state index is 0.0310. The molecular weight excluding hydrogens is 484 g/mol. The third kappa shape index (κ3) is 4.26. The molecule has 5 aromatic rings. The van der Waals surface area contributed by atoms with Crippen molar-refractivity contribution < 1.29 is 14.3 Å². The average molecular weight is 509 g/mol. The lowest BCUT2D eigenvalue weighted by Crippen LogP contribution is -2.09. The van der Waals surface area contributed by atoms with Crippen LogP contribution in [0, 0.1) is 12.3 Å². The van der Waals surface area contributed by atoms with Gasteiger partial charge in [0, 0.05) is 27.6 Å². The van der Waals surface area contributed by atoms with Gasteiger partial charge in [-0.25, -0.2) is 9.97 Å². The van der Waals surface area contributed by atoms with E-state index in [4.69, 9.17) is 16.1 Å². The number of rotatable bonds is 6. The highest BCUT2D eigenvalue weighted by Gasteiger charge is 2.28. The summed E-state index contributed by atoms with van der Waals surface area (Å²) in [6.45, 7) is 4.43. The van der Waals surface area contributed by atoms with Crippen LogP contribution in [-0.4, -0.2) is 28.1 Å². The van der Waals surface area contributed by atoms with Crippen molar-refractivity contribution in [1.29, 1.82) is 0 Å². The summed E-state index contributed by atoms with van der Waals surface area (Å²) in [4.78, 5) is 36.0. The molecule has 6 rings (SSSR count). The van der Waals surface area contributed by atoms with E-state index >= 15 is 0 Å². The highest BCUT2D eigenvalue weighted by molar-refractivity contribution is 6.22. The van der Waals surface area contributed by atoms with Gasteiger partial charge in [0.2, 0.25) is 11.6 Å². The highest BCUT2D eigenvalue weighted by atomic mass is 16.5. The van der Waals surface area contributed by atoms with Gasteiger partial charge < -0.3 is 4.74 Å². The van der Waals surface area contributed by atoms with E-state index in [0.29, 0.717) is 39.6 Å². The quantitative estimate of drug-likeness (QED) is 0.181. The van der Waals surface area contributed by atoms with Crippen molar-refractivity contribution in [3.8, 4) is 40.5 Å². The zero-order valence-corrected chi connectivity index (χ0v) is 21.6. The molecule has 188 valence electrons. The van der Waals surface area contributed by atoms with E-state index in [9.17, 15) is 9.59 Å². The van der Waals surface area contributed by atoms with Crippen molar-refractivity contribution >= 4 is 22.5 Å². The molecule has 5 nitrogen and oxygen atoms in total. The molecule has 1 aliphatic carbocycles. The molecule has 0 unspecified atom stereocenters. The van der Waals surface area contributed by atoms with Gasteiger partial charge in [0.05, 0.1) is 11.2 Å². The van der Waals surface area contributed by atoms with E-state index in [1.807, 2.05) is 48.5 Å². The van der Waals surface area contributed by atoms with Crippen molar-refractivity contribution in [3.05, 3.63) is 113 Å². The van der Waals surface area contributed by atoms with Crippen molar-refractivity contribution in [3.63, 3.8) is 0 Å². The summed E-state index contributed by atoms with van der Waals surface area (Å²) >= 11 is 0.